The van der Waals surface area contributed by atoms with Crippen LogP contribution < -0.4 is 4.90 Å². The zero-order valence-electron chi connectivity index (χ0n) is 27.2. The van der Waals surface area contributed by atoms with E-state index in [9.17, 15) is 13.2 Å². The summed E-state index contributed by atoms with van der Waals surface area (Å²) in [6.07, 6.45) is 13.5. The third kappa shape index (κ3) is 6.25. The quantitative estimate of drug-likeness (QED) is 0.263. The van der Waals surface area contributed by atoms with Crippen molar-refractivity contribution >= 4 is 21.4 Å². The number of aromatic nitrogens is 2. The van der Waals surface area contributed by atoms with E-state index >= 15 is 0 Å². The highest BCUT2D eigenvalue weighted by molar-refractivity contribution is 7.90. The van der Waals surface area contributed by atoms with Gasteiger partial charge < -0.3 is 9.80 Å². The molecule has 1 amide bonds. The number of piperidine rings is 1. The van der Waals surface area contributed by atoms with Gasteiger partial charge >= 0.3 is 0 Å². The van der Waals surface area contributed by atoms with Crippen molar-refractivity contribution in [2.75, 3.05) is 37.8 Å². The molecule has 0 atom stereocenters. The number of carbonyl (C=O) groups is 1. The lowest BCUT2D eigenvalue weighted by atomic mass is 9.52. The molecule has 240 valence electrons. The van der Waals surface area contributed by atoms with E-state index in [1.807, 2.05) is 18.2 Å². The van der Waals surface area contributed by atoms with Gasteiger partial charge in [-0.3, -0.25) is 9.48 Å². The fourth-order valence-electron chi connectivity index (χ4n) is 8.48. The number of likely N-dealkylation sites (tertiary alicyclic amines) is 1. The van der Waals surface area contributed by atoms with Gasteiger partial charge in [-0.2, -0.15) is 5.10 Å². The lowest BCUT2D eigenvalue weighted by molar-refractivity contribution is -0.120. The second-order valence-corrected chi connectivity index (χ2v) is 16.9. The Kier molecular flexibility index (Phi) is 7.96. The summed E-state index contributed by atoms with van der Waals surface area (Å²) in [6.45, 7) is 2.88. The van der Waals surface area contributed by atoms with Gasteiger partial charge in [0.1, 0.15) is 0 Å². The van der Waals surface area contributed by atoms with E-state index in [1.54, 1.807) is 12.1 Å². The minimum Gasteiger partial charge on any atom is -0.312 e. The van der Waals surface area contributed by atoms with Crippen LogP contribution in [-0.2, 0) is 27.1 Å². The Balaban J connectivity index is 1.14. The number of nitrogens with zero attached hydrogens (tertiary/aromatic N) is 4. The number of hydrogen-bond donors (Lipinski definition) is 0. The SMILES string of the molecule is CN1CCC(CC(=O)N(CC23CCC(c4cc(C5CC5)nn4C)(CC2)CC3)c2cccc(-c3ccc(S(C)(=O)=O)cc3)c2)CC1. The number of benzene rings is 2. The minimum absolute atomic E-state index is 0.134. The lowest BCUT2D eigenvalue weighted by Crippen LogP contribution is -2.51. The molecular formula is C37H48N4O3S. The van der Waals surface area contributed by atoms with Crippen LogP contribution in [0.3, 0.4) is 0 Å². The number of rotatable bonds is 9. The van der Waals surface area contributed by atoms with E-state index < -0.39 is 9.84 Å². The molecule has 3 aromatic rings. The molecule has 4 aliphatic carbocycles. The van der Waals surface area contributed by atoms with E-state index in [2.05, 4.69) is 52.8 Å². The van der Waals surface area contributed by atoms with Crippen molar-refractivity contribution in [2.24, 2.45) is 18.4 Å². The van der Waals surface area contributed by atoms with E-state index in [0.29, 0.717) is 23.2 Å². The maximum atomic E-state index is 14.3. The Morgan fingerprint density at radius 1 is 0.889 bits per heavy atom. The largest absolute Gasteiger partial charge is 0.312 e. The smallest absolute Gasteiger partial charge is 0.227 e. The first kappa shape index (κ1) is 30.7. The molecule has 5 aliphatic rings. The normalized spacial score (nSPS) is 25.8. The summed E-state index contributed by atoms with van der Waals surface area (Å²) >= 11 is 0. The minimum atomic E-state index is -3.26. The summed E-state index contributed by atoms with van der Waals surface area (Å²) in [5, 5.41) is 4.93. The Hall–Kier alpha value is -2.97. The molecule has 1 aliphatic heterocycles. The van der Waals surface area contributed by atoms with Gasteiger partial charge in [-0.05, 0) is 137 Å². The summed E-state index contributed by atoms with van der Waals surface area (Å²) in [4.78, 5) is 19.1. The van der Waals surface area contributed by atoms with Crippen LogP contribution in [0.2, 0.25) is 0 Å². The molecule has 8 heteroatoms. The van der Waals surface area contributed by atoms with E-state index in [-0.39, 0.29) is 16.7 Å². The van der Waals surface area contributed by atoms with E-state index in [1.165, 1.54) is 49.7 Å². The van der Waals surface area contributed by atoms with Gasteiger partial charge in [0, 0.05) is 49.0 Å². The molecule has 4 saturated carbocycles. The number of aryl methyl sites for hydroxylation is 1. The van der Waals surface area contributed by atoms with Crippen molar-refractivity contribution in [1.82, 2.24) is 14.7 Å². The molecule has 1 aromatic heterocycles. The number of carbonyl (C=O) groups excluding carboxylic acids is 1. The highest BCUT2D eigenvalue weighted by Crippen LogP contribution is 2.58. The van der Waals surface area contributed by atoms with Crippen LogP contribution in [0.5, 0.6) is 0 Å². The molecule has 2 bridgehead atoms. The first-order chi connectivity index (χ1) is 21.5. The van der Waals surface area contributed by atoms with Crippen LogP contribution in [0.25, 0.3) is 11.1 Å². The molecule has 8 rings (SSSR count). The maximum Gasteiger partial charge on any atom is 0.227 e. The predicted octanol–water partition coefficient (Wildman–Crippen LogP) is 6.73. The number of fused-ring (bicyclic) bond motifs is 3. The third-order valence-electron chi connectivity index (χ3n) is 11.7. The highest BCUT2D eigenvalue weighted by atomic mass is 32.2. The van der Waals surface area contributed by atoms with Gasteiger partial charge in [-0.15, -0.1) is 0 Å². The van der Waals surface area contributed by atoms with Gasteiger partial charge in [0.2, 0.25) is 5.91 Å². The van der Waals surface area contributed by atoms with E-state index in [0.717, 1.165) is 68.6 Å². The molecule has 7 nitrogen and oxygen atoms in total. The standard InChI is InChI=1S/C37H48N4O3S/c1-39-21-13-27(14-22-39)23-35(42)41(31-6-4-5-30(24-31)28-9-11-32(12-10-28)45(3,43)44)26-36-15-18-37(19-16-36,20-17-36)34-25-33(29-7-8-29)38-40(34)2/h4-6,9-12,24-25,27,29H,7-8,13-23,26H2,1-3H3. The Morgan fingerprint density at radius 3 is 2.18 bits per heavy atom. The van der Waals surface area contributed by atoms with Crippen LogP contribution in [0.1, 0.15) is 87.9 Å². The summed E-state index contributed by atoms with van der Waals surface area (Å²) < 4.78 is 26.2. The van der Waals surface area contributed by atoms with Crippen molar-refractivity contribution < 1.29 is 13.2 Å². The molecule has 45 heavy (non-hydrogen) atoms. The number of amides is 1. The van der Waals surface area contributed by atoms with E-state index in [4.69, 9.17) is 5.10 Å². The van der Waals surface area contributed by atoms with Crippen molar-refractivity contribution in [2.45, 2.75) is 86.9 Å². The van der Waals surface area contributed by atoms with Gasteiger partial charge in [0.15, 0.2) is 9.84 Å². The Bertz CT molecular complexity index is 1640. The molecule has 2 heterocycles. The molecule has 2 aromatic carbocycles. The fourth-order valence-corrected chi connectivity index (χ4v) is 9.11. The zero-order valence-corrected chi connectivity index (χ0v) is 28.0. The van der Waals surface area contributed by atoms with Gasteiger partial charge in [-0.25, -0.2) is 8.42 Å². The van der Waals surface area contributed by atoms with Crippen LogP contribution in [0.15, 0.2) is 59.5 Å². The number of anilines is 1. The van der Waals surface area contributed by atoms with Crippen molar-refractivity contribution in [1.29, 1.82) is 0 Å². The summed E-state index contributed by atoms with van der Waals surface area (Å²) in [5.74, 6) is 1.34. The third-order valence-corrected chi connectivity index (χ3v) is 12.8. The van der Waals surface area contributed by atoms with Crippen molar-refractivity contribution in [3.05, 3.63) is 66.0 Å². The monoisotopic (exact) mass is 628 g/mol. The number of sulfone groups is 1. The summed E-state index contributed by atoms with van der Waals surface area (Å²) in [5.41, 5.74) is 5.98. The summed E-state index contributed by atoms with van der Waals surface area (Å²) in [7, 11) is 1.05. The second kappa shape index (κ2) is 11.7. The first-order valence-electron chi connectivity index (χ1n) is 17.0. The van der Waals surface area contributed by atoms with Crippen LogP contribution >= 0.6 is 0 Å². The van der Waals surface area contributed by atoms with Crippen molar-refractivity contribution in [3.63, 3.8) is 0 Å². The molecule has 0 spiro atoms. The highest BCUT2D eigenvalue weighted by Gasteiger charge is 2.51. The van der Waals surface area contributed by atoms with Gasteiger partial charge in [0.05, 0.1) is 10.6 Å². The van der Waals surface area contributed by atoms with Gasteiger partial charge in [-0.1, -0.05) is 24.3 Å². The molecule has 5 fully saturated rings. The average molecular weight is 629 g/mol. The molecule has 0 unspecified atom stereocenters. The lowest BCUT2D eigenvalue weighted by Gasteiger charge is -2.54. The average Bonchev–Trinajstić information content (AvgIpc) is 3.82. The Labute approximate surface area is 268 Å². The zero-order chi connectivity index (χ0) is 31.4. The fraction of sp³-hybridized carbons (Fsp3) is 0.568. The van der Waals surface area contributed by atoms with Crippen LogP contribution in [-0.4, -0.2) is 61.9 Å². The maximum absolute atomic E-state index is 14.3. The van der Waals surface area contributed by atoms with Crippen molar-refractivity contribution in [3.8, 4) is 11.1 Å². The topological polar surface area (TPSA) is 75.5 Å². The molecule has 0 N–H and O–H groups in total. The second-order valence-electron chi connectivity index (χ2n) is 14.9. The van der Waals surface area contributed by atoms with Crippen LogP contribution in [0.4, 0.5) is 5.69 Å². The Morgan fingerprint density at radius 2 is 1.56 bits per heavy atom. The molecule has 0 radical (unpaired) electrons. The van der Waals surface area contributed by atoms with Gasteiger partial charge in [0.25, 0.3) is 0 Å². The molecular weight excluding hydrogens is 580 g/mol. The predicted molar refractivity (Wildman–Crippen MR) is 179 cm³/mol. The summed E-state index contributed by atoms with van der Waals surface area (Å²) in [6, 6.07) is 17.8. The molecule has 1 saturated heterocycles. The number of hydrogen-bond acceptors (Lipinski definition) is 5. The van der Waals surface area contributed by atoms with Crippen LogP contribution in [0, 0.1) is 11.3 Å². The first-order valence-corrected chi connectivity index (χ1v) is 18.9.